The lowest BCUT2D eigenvalue weighted by atomic mass is 10.2. The van der Waals surface area contributed by atoms with Gasteiger partial charge in [-0.3, -0.25) is 4.98 Å². The molecule has 1 aromatic carbocycles. The van der Waals surface area contributed by atoms with E-state index < -0.39 is 0 Å². The van der Waals surface area contributed by atoms with E-state index in [1.165, 1.54) is 4.90 Å². The third-order valence-electron chi connectivity index (χ3n) is 2.08. The summed E-state index contributed by atoms with van der Waals surface area (Å²) in [7, 11) is 0. The lowest BCUT2D eigenvalue weighted by Crippen LogP contribution is -2.06. The van der Waals surface area contributed by atoms with Crippen LogP contribution in [0.15, 0.2) is 35.4 Å². The van der Waals surface area contributed by atoms with E-state index in [-0.39, 0.29) is 4.75 Å². The number of aromatic nitrogens is 1. The molecule has 1 heterocycles. The molecule has 84 valence electrons. The molecule has 1 aromatic heterocycles. The topological polar surface area (TPSA) is 12.9 Å². The zero-order valence-corrected chi connectivity index (χ0v) is 11.2. The fraction of sp³-hybridized carbons (Fsp3) is 0.308. The molecule has 0 bridgehead atoms. The van der Waals surface area contributed by atoms with Crippen LogP contribution >= 0.6 is 23.4 Å². The average Bonchev–Trinajstić information content (AvgIpc) is 2.17. The van der Waals surface area contributed by atoms with Gasteiger partial charge in [-0.05, 0) is 24.3 Å². The molecule has 0 radical (unpaired) electrons. The lowest BCUT2D eigenvalue weighted by molar-refractivity contribution is 0.803. The van der Waals surface area contributed by atoms with Crippen LogP contribution in [0.3, 0.4) is 0 Å². The van der Waals surface area contributed by atoms with Crippen LogP contribution in [0.2, 0.25) is 5.02 Å². The minimum Gasteiger partial charge on any atom is -0.256 e. The van der Waals surface area contributed by atoms with E-state index in [2.05, 4.69) is 37.9 Å². The van der Waals surface area contributed by atoms with Crippen molar-refractivity contribution in [2.45, 2.75) is 30.4 Å². The van der Waals surface area contributed by atoms with Gasteiger partial charge in [0, 0.05) is 21.2 Å². The summed E-state index contributed by atoms with van der Waals surface area (Å²) < 4.78 is 0.211. The second kappa shape index (κ2) is 4.27. The molecule has 0 aliphatic carbocycles. The molecule has 0 spiro atoms. The monoisotopic (exact) mass is 251 g/mol. The van der Waals surface area contributed by atoms with Crippen LogP contribution in [0.25, 0.3) is 10.9 Å². The number of pyridine rings is 1. The van der Waals surface area contributed by atoms with Crippen molar-refractivity contribution >= 4 is 34.3 Å². The molecular weight excluding hydrogens is 238 g/mol. The van der Waals surface area contributed by atoms with Crippen molar-refractivity contribution in [1.29, 1.82) is 0 Å². The van der Waals surface area contributed by atoms with Crippen molar-refractivity contribution in [3.8, 4) is 0 Å². The predicted octanol–water partition coefficient (Wildman–Crippen LogP) is 4.78. The Bertz CT molecular complexity index is 517. The molecular formula is C13H14ClNS. The first-order valence-corrected chi connectivity index (χ1v) is 6.38. The first-order valence-electron chi connectivity index (χ1n) is 5.19. The van der Waals surface area contributed by atoms with Crippen LogP contribution in [-0.4, -0.2) is 9.73 Å². The maximum atomic E-state index is 6.15. The van der Waals surface area contributed by atoms with Crippen LogP contribution < -0.4 is 0 Å². The molecule has 0 amide bonds. The first kappa shape index (κ1) is 11.7. The number of fused-ring (bicyclic) bond motifs is 1. The van der Waals surface area contributed by atoms with Gasteiger partial charge in [0.15, 0.2) is 0 Å². The van der Waals surface area contributed by atoms with Gasteiger partial charge in [-0.1, -0.05) is 32.4 Å². The van der Waals surface area contributed by atoms with Crippen molar-refractivity contribution < 1.29 is 0 Å². The molecule has 0 unspecified atom stereocenters. The average molecular weight is 252 g/mol. The highest BCUT2D eigenvalue weighted by molar-refractivity contribution is 8.00. The van der Waals surface area contributed by atoms with Gasteiger partial charge in [0.1, 0.15) is 0 Å². The van der Waals surface area contributed by atoms with Crippen LogP contribution in [0.4, 0.5) is 0 Å². The maximum Gasteiger partial charge on any atom is 0.0717 e. The second-order valence-electron chi connectivity index (χ2n) is 4.69. The van der Waals surface area contributed by atoms with Crippen molar-refractivity contribution in [2.75, 3.05) is 0 Å². The maximum absolute atomic E-state index is 6.15. The standard InChI is InChI=1S/C13H14ClNS/c1-13(2,3)16-9-4-5-12-10(8-9)11(14)6-7-15-12/h4-8H,1-3H3. The third kappa shape index (κ3) is 2.69. The first-order chi connectivity index (χ1) is 7.46. The molecule has 3 heteroatoms. The Morgan fingerprint density at radius 3 is 2.62 bits per heavy atom. The highest BCUT2D eigenvalue weighted by atomic mass is 35.5. The number of thioether (sulfide) groups is 1. The second-order valence-corrected chi connectivity index (χ2v) is 6.99. The van der Waals surface area contributed by atoms with Gasteiger partial charge in [0.2, 0.25) is 0 Å². The van der Waals surface area contributed by atoms with Crippen molar-refractivity contribution in [3.63, 3.8) is 0 Å². The van der Waals surface area contributed by atoms with Gasteiger partial charge in [-0.2, -0.15) is 0 Å². The SMILES string of the molecule is CC(C)(C)Sc1ccc2nccc(Cl)c2c1. The van der Waals surface area contributed by atoms with Gasteiger partial charge < -0.3 is 0 Å². The third-order valence-corrected chi connectivity index (χ3v) is 3.52. The molecule has 2 aromatic rings. The van der Waals surface area contributed by atoms with E-state index in [9.17, 15) is 0 Å². The van der Waals surface area contributed by atoms with Gasteiger partial charge in [0.05, 0.1) is 10.5 Å². The summed E-state index contributed by atoms with van der Waals surface area (Å²) in [6.07, 6.45) is 1.74. The Kier molecular flexibility index (Phi) is 3.13. The number of halogens is 1. The van der Waals surface area contributed by atoms with E-state index in [1.54, 1.807) is 6.20 Å². The highest BCUT2D eigenvalue weighted by Gasteiger charge is 2.12. The Balaban J connectivity index is 2.47. The van der Waals surface area contributed by atoms with E-state index in [1.807, 2.05) is 23.9 Å². The van der Waals surface area contributed by atoms with Crippen LogP contribution in [0, 0.1) is 0 Å². The summed E-state index contributed by atoms with van der Waals surface area (Å²) >= 11 is 7.99. The summed E-state index contributed by atoms with van der Waals surface area (Å²) in [5, 5.41) is 1.79. The normalized spacial score (nSPS) is 12.0. The minimum atomic E-state index is 0.211. The molecule has 0 saturated heterocycles. The van der Waals surface area contributed by atoms with Gasteiger partial charge in [-0.15, -0.1) is 11.8 Å². The smallest absolute Gasteiger partial charge is 0.0717 e. The van der Waals surface area contributed by atoms with Gasteiger partial charge >= 0.3 is 0 Å². The highest BCUT2D eigenvalue weighted by Crippen LogP contribution is 2.34. The molecule has 2 rings (SSSR count). The fourth-order valence-corrected chi connectivity index (χ4v) is 2.74. The molecule has 16 heavy (non-hydrogen) atoms. The fourth-order valence-electron chi connectivity index (χ4n) is 1.51. The minimum absolute atomic E-state index is 0.211. The molecule has 0 saturated carbocycles. The quantitative estimate of drug-likeness (QED) is 0.677. The Morgan fingerprint density at radius 1 is 1.19 bits per heavy atom. The largest absolute Gasteiger partial charge is 0.256 e. The number of hydrogen-bond donors (Lipinski definition) is 0. The Hall–Kier alpha value is -0.730. The van der Waals surface area contributed by atoms with Crippen molar-refractivity contribution in [1.82, 2.24) is 4.98 Å². The summed E-state index contributed by atoms with van der Waals surface area (Å²) in [5.41, 5.74) is 0.950. The Labute approximate surface area is 105 Å². The molecule has 0 N–H and O–H groups in total. The molecule has 0 fully saturated rings. The summed E-state index contributed by atoms with van der Waals surface area (Å²) in [6, 6.07) is 8.06. The zero-order chi connectivity index (χ0) is 11.8. The van der Waals surface area contributed by atoms with Gasteiger partial charge in [0.25, 0.3) is 0 Å². The van der Waals surface area contributed by atoms with Crippen molar-refractivity contribution in [3.05, 3.63) is 35.5 Å². The number of rotatable bonds is 1. The summed E-state index contributed by atoms with van der Waals surface area (Å²) in [5.74, 6) is 0. The van der Waals surface area contributed by atoms with E-state index in [0.29, 0.717) is 0 Å². The van der Waals surface area contributed by atoms with E-state index >= 15 is 0 Å². The molecule has 1 nitrogen and oxygen atoms in total. The summed E-state index contributed by atoms with van der Waals surface area (Å²) in [6.45, 7) is 6.60. The number of nitrogens with zero attached hydrogens (tertiary/aromatic N) is 1. The molecule has 0 aliphatic rings. The van der Waals surface area contributed by atoms with Crippen LogP contribution in [0.1, 0.15) is 20.8 Å². The van der Waals surface area contributed by atoms with Crippen molar-refractivity contribution in [2.24, 2.45) is 0 Å². The van der Waals surface area contributed by atoms with Crippen LogP contribution in [0.5, 0.6) is 0 Å². The zero-order valence-electron chi connectivity index (χ0n) is 9.62. The van der Waals surface area contributed by atoms with E-state index in [0.717, 1.165) is 15.9 Å². The summed E-state index contributed by atoms with van der Waals surface area (Å²) in [4.78, 5) is 5.52. The van der Waals surface area contributed by atoms with Crippen LogP contribution in [-0.2, 0) is 0 Å². The van der Waals surface area contributed by atoms with Gasteiger partial charge in [-0.25, -0.2) is 0 Å². The molecule has 0 atom stereocenters. The Morgan fingerprint density at radius 2 is 1.94 bits per heavy atom. The van der Waals surface area contributed by atoms with E-state index in [4.69, 9.17) is 11.6 Å². The lowest BCUT2D eigenvalue weighted by Gasteiger charge is -2.17. The number of hydrogen-bond acceptors (Lipinski definition) is 2. The number of benzene rings is 1. The molecule has 0 aliphatic heterocycles. The predicted molar refractivity (Wildman–Crippen MR) is 72.4 cm³/mol.